The van der Waals surface area contributed by atoms with Crippen molar-refractivity contribution in [1.29, 1.82) is 0 Å². The minimum atomic E-state index is -0.455. The number of hydrogen-bond acceptors (Lipinski definition) is 3. The molecule has 5 nitrogen and oxygen atoms in total. The maximum atomic E-state index is 13.1. The minimum absolute atomic E-state index is 0.0161. The molecule has 2 saturated heterocycles. The third-order valence-electron chi connectivity index (χ3n) is 6.03. The predicted octanol–water partition coefficient (Wildman–Crippen LogP) is 3.21. The number of rotatable bonds is 3. The molecule has 4 rings (SSSR count). The summed E-state index contributed by atoms with van der Waals surface area (Å²) in [7, 11) is 0. The highest BCUT2D eigenvalue weighted by Crippen LogP contribution is 2.46. The average Bonchev–Trinajstić information content (AvgIpc) is 3.26. The molecule has 0 bridgehead atoms. The lowest BCUT2D eigenvalue weighted by Crippen LogP contribution is -2.37. The van der Waals surface area contributed by atoms with Crippen LogP contribution in [-0.4, -0.2) is 46.2 Å². The number of halogens is 1. The van der Waals surface area contributed by atoms with Crippen molar-refractivity contribution in [2.24, 2.45) is 11.8 Å². The number of pyridine rings is 1. The van der Waals surface area contributed by atoms with E-state index in [1.54, 1.807) is 4.90 Å². The number of carbonyl (C=O) groups is 2. The molecule has 28 heavy (non-hydrogen) atoms. The predicted molar refractivity (Wildman–Crippen MR) is 103 cm³/mol. The standard InChI is InChI=1S/C22H24FN3O2/c1-3-20(27)26-12-15-11-25(22(28)19-9-8-16(23)10-24-19)13-18(15)21(26)17-7-5-4-6-14(17)2/h4-10,15,18,21H,3,11-13H2,1-2H3/t15-,18-,21-/m0/s1. The molecule has 0 aliphatic carbocycles. The van der Waals surface area contributed by atoms with Crippen LogP contribution in [0.4, 0.5) is 4.39 Å². The lowest BCUT2D eigenvalue weighted by atomic mass is 9.87. The van der Waals surface area contributed by atoms with E-state index in [0.717, 1.165) is 17.3 Å². The van der Waals surface area contributed by atoms with Gasteiger partial charge in [0.2, 0.25) is 5.91 Å². The normalized spacial score (nSPS) is 23.8. The summed E-state index contributed by atoms with van der Waals surface area (Å²) >= 11 is 0. The molecule has 6 heteroatoms. The van der Waals surface area contributed by atoms with Gasteiger partial charge in [-0.05, 0) is 30.2 Å². The first kappa shape index (κ1) is 18.6. The zero-order valence-electron chi connectivity index (χ0n) is 16.1. The van der Waals surface area contributed by atoms with Gasteiger partial charge in [0.1, 0.15) is 11.5 Å². The maximum Gasteiger partial charge on any atom is 0.272 e. The molecule has 2 aliphatic heterocycles. The molecular weight excluding hydrogens is 357 g/mol. The summed E-state index contributed by atoms with van der Waals surface area (Å²) in [5.74, 6) is -0.0410. The van der Waals surface area contributed by atoms with Crippen molar-refractivity contribution in [2.75, 3.05) is 19.6 Å². The second-order valence-electron chi connectivity index (χ2n) is 7.70. The number of amides is 2. The average molecular weight is 381 g/mol. The second kappa shape index (κ2) is 7.34. The molecule has 0 saturated carbocycles. The van der Waals surface area contributed by atoms with Gasteiger partial charge in [0.25, 0.3) is 5.91 Å². The highest BCUT2D eigenvalue weighted by Gasteiger charge is 2.50. The van der Waals surface area contributed by atoms with Crippen molar-refractivity contribution in [3.63, 3.8) is 0 Å². The molecular formula is C22H24FN3O2. The summed E-state index contributed by atoms with van der Waals surface area (Å²) in [5.41, 5.74) is 2.58. The fraction of sp³-hybridized carbons (Fsp3) is 0.409. The number of likely N-dealkylation sites (tertiary alicyclic amines) is 2. The molecule has 0 radical (unpaired) electrons. The summed E-state index contributed by atoms with van der Waals surface area (Å²) in [6, 6.07) is 10.8. The van der Waals surface area contributed by atoms with Crippen LogP contribution in [0.5, 0.6) is 0 Å². The lowest BCUT2D eigenvalue weighted by molar-refractivity contribution is -0.132. The van der Waals surface area contributed by atoms with Gasteiger partial charge in [-0.1, -0.05) is 31.2 Å². The molecule has 146 valence electrons. The molecule has 2 fully saturated rings. The van der Waals surface area contributed by atoms with E-state index in [4.69, 9.17) is 0 Å². The largest absolute Gasteiger partial charge is 0.337 e. The van der Waals surface area contributed by atoms with Gasteiger partial charge in [-0.2, -0.15) is 0 Å². The van der Waals surface area contributed by atoms with E-state index in [1.165, 1.54) is 12.1 Å². The highest BCUT2D eigenvalue weighted by molar-refractivity contribution is 5.92. The third-order valence-corrected chi connectivity index (χ3v) is 6.03. The van der Waals surface area contributed by atoms with Crippen molar-refractivity contribution < 1.29 is 14.0 Å². The van der Waals surface area contributed by atoms with Crippen LogP contribution in [0.2, 0.25) is 0 Å². The quantitative estimate of drug-likeness (QED) is 0.820. The highest BCUT2D eigenvalue weighted by atomic mass is 19.1. The van der Waals surface area contributed by atoms with Crippen LogP contribution in [0, 0.1) is 24.6 Å². The Hall–Kier alpha value is -2.76. The van der Waals surface area contributed by atoms with E-state index in [0.29, 0.717) is 26.1 Å². The van der Waals surface area contributed by atoms with Gasteiger partial charge in [0.05, 0.1) is 12.2 Å². The Labute approximate surface area is 164 Å². The molecule has 2 aliphatic rings. The molecule has 2 aromatic rings. The van der Waals surface area contributed by atoms with Gasteiger partial charge in [0, 0.05) is 37.9 Å². The zero-order chi connectivity index (χ0) is 19.8. The molecule has 0 spiro atoms. The van der Waals surface area contributed by atoms with Crippen LogP contribution in [-0.2, 0) is 4.79 Å². The fourth-order valence-corrected chi connectivity index (χ4v) is 4.65. The van der Waals surface area contributed by atoms with Crippen LogP contribution in [0.15, 0.2) is 42.6 Å². The van der Waals surface area contributed by atoms with E-state index in [2.05, 4.69) is 24.0 Å². The van der Waals surface area contributed by atoms with Gasteiger partial charge in [0.15, 0.2) is 0 Å². The lowest BCUT2D eigenvalue weighted by Gasteiger charge is -2.30. The molecule has 0 N–H and O–H groups in total. The Kier molecular flexibility index (Phi) is 4.87. The summed E-state index contributed by atoms with van der Waals surface area (Å²) in [4.78, 5) is 33.2. The van der Waals surface area contributed by atoms with Crippen LogP contribution >= 0.6 is 0 Å². The Morgan fingerprint density at radius 1 is 1.14 bits per heavy atom. The number of nitrogens with zero attached hydrogens (tertiary/aromatic N) is 3. The SMILES string of the molecule is CCC(=O)N1C[C@@H]2CN(C(=O)c3ccc(F)cn3)C[C@@H]2[C@@H]1c1ccccc1C. The Bertz CT molecular complexity index is 899. The van der Waals surface area contributed by atoms with Crippen molar-refractivity contribution in [2.45, 2.75) is 26.3 Å². The van der Waals surface area contributed by atoms with Crippen molar-refractivity contribution in [1.82, 2.24) is 14.8 Å². The van der Waals surface area contributed by atoms with Crippen molar-refractivity contribution in [3.8, 4) is 0 Å². The monoisotopic (exact) mass is 381 g/mol. The van der Waals surface area contributed by atoms with E-state index in [9.17, 15) is 14.0 Å². The molecule has 3 heterocycles. The van der Waals surface area contributed by atoms with Crippen LogP contribution in [0.25, 0.3) is 0 Å². The maximum absolute atomic E-state index is 13.1. The van der Waals surface area contributed by atoms with E-state index in [-0.39, 0.29) is 35.4 Å². The summed E-state index contributed by atoms with van der Waals surface area (Å²) in [6.07, 6.45) is 1.55. The smallest absolute Gasteiger partial charge is 0.272 e. The van der Waals surface area contributed by atoms with Gasteiger partial charge < -0.3 is 9.80 Å². The molecule has 2 amide bonds. The summed E-state index contributed by atoms with van der Waals surface area (Å²) < 4.78 is 13.1. The summed E-state index contributed by atoms with van der Waals surface area (Å²) in [5, 5.41) is 0. The second-order valence-corrected chi connectivity index (χ2v) is 7.70. The number of aryl methyl sites for hydroxylation is 1. The van der Waals surface area contributed by atoms with E-state index >= 15 is 0 Å². The minimum Gasteiger partial charge on any atom is -0.337 e. The number of carbonyl (C=O) groups excluding carboxylic acids is 2. The topological polar surface area (TPSA) is 53.5 Å². The first-order chi connectivity index (χ1) is 13.5. The Morgan fingerprint density at radius 3 is 2.61 bits per heavy atom. The van der Waals surface area contributed by atoms with Crippen molar-refractivity contribution >= 4 is 11.8 Å². The number of aromatic nitrogens is 1. The van der Waals surface area contributed by atoms with E-state index < -0.39 is 5.82 Å². The Balaban J connectivity index is 1.61. The fourth-order valence-electron chi connectivity index (χ4n) is 4.65. The van der Waals surface area contributed by atoms with Gasteiger partial charge in [-0.15, -0.1) is 0 Å². The molecule has 3 atom stereocenters. The first-order valence-corrected chi connectivity index (χ1v) is 9.75. The number of hydrogen-bond donors (Lipinski definition) is 0. The van der Waals surface area contributed by atoms with Gasteiger partial charge in [-0.25, -0.2) is 9.37 Å². The number of benzene rings is 1. The summed E-state index contributed by atoms with van der Waals surface area (Å²) in [6.45, 7) is 5.80. The molecule has 1 aromatic carbocycles. The van der Waals surface area contributed by atoms with Gasteiger partial charge in [-0.3, -0.25) is 9.59 Å². The van der Waals surface area contributed by atoms with Crippen LogP contribution in [0.1, 0.15) is 41.0 Å². The molecule has 0 unspecified atom stereocenters. The molecule has 1 aromatic heterocycles. The third kappa shape index (κ3) is 3.17. The first-order valence-electron chi connectivity index (χ1n) is 9.75. The van der Waals surface area contributed by atoms with Crippen molar-refractivity contribution in [3.05, 3.63) is 65.2 Å². The van der Waals surface area contributed by atoms with Gasteiger partial charge >= 0.3 is 0 Å². The van der Waals surface area contributed by atoms with Crippen LogP contribution < -0.4 is 0 Å². The number of fused-ring (bicyclic) bond motifs is 1. The van der Waals surface area contributed by atoms with Crippen LogP contribution in [0.3, 0.4) is 0 Å². The zero-order valence-corrected chi connectivity index (χ0v) is 16.1. The Morgan fingerprint density at radius 2 is 1.93 bits per heavy atom. The van der Waals surface area contributed by atoms with E-state index in [1.807, 2.05) is 24.0 Å².